The molecule has 0 radical (unpaired) electrons. The molecule has 0 aliphatic carbocycles. The Labute approximate surface area is 189 Å². The number of amides is 3. The molecule has 0 aromatic heterocycles. The molecule has 1 heterocycles. The summed E-state index contributed by atoms with van der Waals surface area (Å²) in [6, 6.07) is 10.7. The fourth-order valence-corrected chi connectivity index (χ4v) is 3.88. The maximum Gasteiger partial charge on any atom is 0.319 e. The number of piperidine rings is 1. The number of hydrogen-bond acceptors (Lipinski definition) is 4. The van der Waals surface area contributed by atoms with E-state index in [0.29, 0.717) is 30.2 Å². The molecule has 2 aromatic rings. The van der Waals surface area contributed by atoms with Gasteiger partial charge in [-0.2, -0.15) is 0 Å². The van der Waals surface area contributed by atoms with Gasteiger partial charge in [0.2, 0.25) is 5.91 Å². The maximum absolute atomic E-state index is 14.9. The molecule has 0 saturated carbocycles. The molecule has 3 amide bonds. The summed E-state index contributed by atoms with van der Waals surface area (Å²) >= 11 is 3.35. The van der Waals surface area contributed by atoms with E-state index in [4.69, 9.17) is 9.47 Å². The molecule has 1 saturated heterocycles. The fourth-order valence-electron chi connectivity index (χ4n) is 3.61. The zero-order chi connectivity index (χ0) is 22.4. The Bertz CT molecular complexity index is 925. The van der Waals surface area contributed by atoms with E-state index in [1.165, 1.54) is 13.2 Å². The number of halogens is 2. The van der Waals surface area contributed by atoms with Crippen LogP contribution in [0.25, 0.3) is 0 Å². The van der Waals surface area contributed by atoms with Crippen molar-refractivity contribution in [2.24, 2.45) is 0 Å². The molecule has 7 nitrogen and oxygen atoms in total. The Morgan fingerprint density at radius 3 is 2.61 bits per heavy atom. The Hall–Kier alpha value is -2.65. The first-order valence-corrected chi connectivity index (χ1v) is 10.6. The van der Waals surface area contributed by atoms with Gasteiger partial charge in [-0.1, -0.05) is 22.0 Å². The van der Waals surface area contributed by atoms with Gasteiger partial charge in [-0.25, -0.2) is 9.18 Å². The van der Waals surface area contributed by atoms with Gasteiger partial charge in [-0.15, -0.1) is 0 Å². The zero-order valence-corrected chi connectivity index (χ0v) is 18.9. The number of anilines is 1. The highest BCUT2D eigenvalue weighted by Crippen LogP contribution is 2.31. The first-order valence-electron chi connectivity index (χ1n) is 9.84. The molecule has 9 heteroatoms. The summed E-state index contributed by atoms with van der Waals surface area (Å²) in [6.45, 7) is 1.06. The number of nitrogens with zero attached hydrogens (tertiary/aromatic N) is 1. The molecule has 2 unspecified atom stereocenters. The SMILES string of the molecule is COCCN1CC(c2ccc(OC)cc2F)C(NC(=O)Nc2ccc(Br)cc2)CC1=O. The van der Waals surface area contributed by atoms with E-state index in [9.17, 15) is 14.0 Å². The number of carbonyl (C=O) groups is 2. The van der Waals surface area contributed by atoms with Crippen LogP contribution in [0.2, 0.25) is 0 Å². The minimum atomic E-state index is -0.565. The van der Waals surface area contributed by atoms with Crippen LogP contribution >= 0.6 is 15.9 Å². The van der Waals surface area contributed by atoms with E-state index in [1.807, 2.05) is 12.1 Å². The standard InChI is InChI=1S/C22H25BrFN3O4/c1-30-10-9-27-13-18(17-8-7-16(31-2)11-19(17)24)20(12-21(27)28)26-22(29)25-15-5-3-14(23)4-6-15/h3-8,11,18,20H,9-10,12-13H2,1-2H3,(H2,25,26,29). The quantitative estimate of drug-likeness (QED) is 0.615. The number of rotatable bonds is 7. The average molecular weight is 494 g/mol. The van der Waals surface area contributed by atoms with Crippen molar-refractivity contribution in [3.05, 3.63) is 58.3 Å². The van der Waals surface area contributed by atoms with Crippen LogP contribution in [-0.2, 0) is 9.53 Å². The topological polar surface area (TPSA) is 79.9 Å². The van der Waals surface area contributed by atoms with Crippen LogP contribution in [-0.4, -0.2) is 56.8 Å². The summed E-state index contributed by atoms with van der Waals surface area (Å²) in [5.41, 5.74) is 1.03. The molecule has 1 aliphatic rings. The second-order valence-corrected chi connectivity index (χ2v) is 8.16. The van der Waals surface area contributed by atoms with E-state index in [0.717, 1.165) is 4.47 Å². The molecule has 3 rings (SSSR count). The summed E-state index contributed by atoms with van der Waals surface area (Å²) in [6.07, 6.45) is 0.0631. The van der Waals surface area contributed by atoms with Crippen LogP contribution in [0.3, 0.4) is 0 Å². The Morgan fingerprint density at radius 1 is 1.23 bits per heavy atom. The Kier molecular flexibility index (Phi) is 7.86. The van der Waals surface area contributed by atoms with Crippen molar-refractivity contribution in [2.75, 3.05) is 39.2 Å². The summed E-state index contributed by atoms with van der Waals surface area (Å²) in [4.78, 5) is 26.9. The van der Waals surface area contributed by atoms with Crippen LogP contribution in [0.5, 0.6) is 5.75 Å². The number of carbonyl (C=O) groups excluding carboxylic acids is 2. The predicted octanol–water partition coefficient (Wildman–Crippen LogP) is 3.75. The van der Waals surface area contributed by atoms with Crippen molar-refractivity contribution < 1.29 is 23.5 Å². The number of hydrogen-bond donors (Lipinski definition) is 2. The van der Waals surface area contributed by atoms with Crippen molar-refractivity contribution in [3.63, 3.8) is 0 Å². The monoisotopic (exact) mass is 493 g/mol. The number of benzene rings is 2. The lowest BCUT2D eigenvalue weighted by atomic mass is 9.85. The smallest absolute Gasteiger partial charge is 0.319 e. The molecular formula is C22H25BrFN3O4. The Morgan fingerprint density at radius 2 is 1.97 bits per heavy atom. The lowest BCUT2D eigenvalue weighted by Gasteiger charge is -2.39. The third-order valence-corrected chi connectivity index (χ3v) is 5.77. The van der Waals surface area contributed by atoms with Gasteiger partial charge in [0.15, 0.2) is 0 Å². The highest BCUT2D eigenvalue weighted by atomic mass is 79.9. The van der Waals surface area contributed by atoms with Gasteiger partial charge in [0.25, 0.3) is 0 Å². The Balaban J connectivity index is 1.80. The highest BCUT2D eigenvalue weighted by Gasteiger charge is 2.37. The molecule has 0 spiro atoms. The molecule has 1 aliphatic heterocycles. The molecule has 1 fully saturated rings. The molecular weight excluding hydrogens is 469 g/mol. The van der Waals surface area contributed by atoms with E-state index in [-0.39, 0.29) is 18.9 Å². The minimum absolute atomic E-state index is 0.0631. The van der Waals surface area contributed by atoms with Gasteiger partial charge in [0, 0.05) is 54.8 Å². The van der Waals surface area contributed by atoms with E-state index in [2.05, 4.69) is 26.6 Å². The highest BCUT2D eigenvalue weighted by molar-refractivity contribution is 9.10. The van der Waals surface area contributed by atoms with Gasteiger partial charge in [-0.05, 0) is 35.9 Å². The molecule has 2 N–H and O–H groups in total. The van der Waals surface area contributed by atoms with Gasteiger partial charge < -0.3 is 25.0 Å². The van der Waals surface area contributed by atoms with E-state index in [1.54, 1.807) is 36.3 Å². The third kappa shape index (κ3) is 5.95. The second kappa shape index (κ2) is 10.6. The van der Waals surface area contributed by atoms with Crippen molar-refractivity contribution in [1.82, 2.24) is 10.2 Å². The molecule has 31 heavy (non-hydrogen) atoms. The van der Waals surface area contributed by atoms with Gasteiger partial charge in [0.05, 0.1) is 13.7 Å². The fraction of sp³-hybridized carbons (Fsp3) is 0.364. The predicted molar refractivity (Wildman–Crippen MR) is 119 cm³/mol. The van der Waals surface area contributed by atoms with Gasteiger partial charge in [-0.3, -0.25) is 4.79 Å². The van der Waals surface area contributed by atoms with Crippen LogP contribution < -0.4 is 15.4 Å². The summed E-state index contributed by atoms with van der Waals surface area (Å²) < 4.78 is 25.9. The summed E-state index contributed by atoms with van der Waals surface area (Å²) in [7, 11) is 3.03. The maximum atomic E-state index is 14.9. The summed E-state index contributed by atoms with van der Waals surface area (Å²) in [5, 5.41) is 5.61. The number of likely N-dealkylation sites (tertiary alicyclic amines) is 1. The van der Waals surface area contributed by atoms with Crippen molar-refractivity contribution in [2.45, 2.75) is 18.4 Å². The lowest BCUT2D eigenvalue weighted by molar-refractivity contribution is -0.135. The largest absolute Gasteiger partial charge is 0.497 e. The number of urea groups is 1. The molecule has 2 atom stereocenters. The zero-order valence-electron chi connectivity index (χ0n) is 17.4. The molecule has 166 valence electrons. The third-order valence-electron chi connectivity index (χ3n) is 5.24. The first kappa shape index (κ1) is 23.0. The second-order valence-electron chi connectivity index (χ2n) is 7.24. The van der Waals surface area contributed by atoms with Crippen molar-refractivity contribution in [1.29, 1.82) is 0 Å². The average Bonchev–Trinajstić information content (AvgIpc) is 2.75. The number of ether oxygens (including phenoxy) is 2. The van der Waals surface area contributed by atoms with Crippen LogP contribution in [0.4, 0.5) is 14.9 Å². The first-order chi connectivity index (χ1) is 14.9. The van der Waals surface area contributed by atoms with Gasteiger partial charge in [0.1, 0.15) is 11.6 Å². The lowest BCUT2D eigenvalue weighted by Crippen LogP contribution is -2.53. The minimum Gasteiger partial charge on any atom is -0.497 e. The normalized spacial score (nSPS) is 18.6. The summed E-state index contributed by atoms with van der Waals surface area (Å²) in [5.74, 6) is -0.570. The molecule has 0 bridgehead atoms. The van der Waals surface area contributed by atoms with Crippen LogP contribution in [0, 0.1) is 5.82 Å². The van der Waals surface area contributed by atoms with Crippen LogP contribution in [0.1, 0.15) is 17.9 Å². The number of nitrogens with one attached hydrogen (secondary N) is 2. The van der Waals surface area contributed by atoms with Crippen molar-refractivity contribution in [3.8, 4) is 5.75 Å². The van der Waals surface area contributed by atoms with Crippen molar-refractivity contribution >= 4 is 33.6 Å². The van der Waals surface area contributed by atoms with E-state index < -0.39 is 23.8 Å². The number of methoxy groups -OCH3 is 2. The molecule has 2 aromatic carbocycles. The van der Waals surface area contributed by atoms with Crippen LogP contribution in [0.15, 0.2) is 46.9 Å². The van der Waals surface area contributed by atoms with E-state index >= 15 is 0 Å². The van der Waals surface area contributed by atoms with Gasteiger partial charge >= 0.3 is 6.03 Å².